The Labute approximate surface area is 324 Å². The standard InChI is InChI=1S/C42H40F4N4O7/c1-21-25(7-3-9-27(21)38-48-30-15-23(19-47-29-11-5-13-33(29)51)34(56-41(43)44)17-36(30)54-38)26-8-4-10-28(22(26)2)39-49-31-16-24(20-50-14-6-12-32(50)40(52)53)35(57-42(45)46)18-37(31)55-39/h3-4,7-10,15-18,29,32-33,41-42,47,51H,5-6,11-14,19-20H2,1-2H3,(H,52,53)/t29-,32+,33+/m1/s1. The molecule has 0 spiro atoms. The Kier molecular flexibility index (Phi) is 10.6. The number of nitrogens with one attached hydrogen (secondary N) is 1. The summed E-state index contributed by atoms with van der Waals surface area (Å²) in [5, 5.41) is 23.2. The van der Waals surface area contributed by atoms with Crippen molar-refractivity contribution in [2.45, 2.75) is 90.5 Å². The second-order valence-corrected chi connectivity index (χ2v) is 14.6. The van der Waals surface area contributed by atoms with Gasteiger partial charge >= 0.3 is 19.2 Å². The van der Waals surface area contributed by atoms with Crippen molar-refractivity contribution in [1.29, 1.82) is 0 Å². The quantitative estimate of drug-likeness (QED) is 0.0966. The fraction of sp³-hybridized carbons (Fsp3) is 0.357. The van der Waals surface area contributed by atoms with Gasteiger partial charge in [-0.3, -0.25) is 9.69 Å². The van der Waals surface area contributed by atoms with Gasteiger partial charge in [0.15, 0.2) is 11.2 Å². The molecular formula is C42H40F4N4O7. The molecule has 4 aromatic carbocycles. The Morgan fingerprint density at radius 2 is 1.35 bits per heavy atom. The minimum absolute atomic E-state index is 0.0373. The van der Waals surface area contributed by atoms with Crippen LogP contribution in [-0.2, 0) is 17.9 Å². The number of fused-ring (bicyclic) bond motifs is 2. The van der Waals surface area contributed by atoms with E-state index in [1.165, 1.54) is 12.1 Å². The number of carboxylic acids is 1. The first kappa shape index (κ1) is 38.4. The van der Waals surface area contributed by atoms with Crippen molar-refractivity contribution in [2.24, 2.45) is 0 Å². The highest BCUT2D eigenvalue weighted by molar-refractivity contribution is 5.85. The number of aliphatic hydroxyl groups is 1. The number of aliphatic hydroxyl groups excluding tert-OH is 1. The fourth-order valence-corrected chi connectivity index (χ4v) is 8.15. The Balaban J connectivity index is 1.11. The highest BCUT2D eigenvalue weighted by Crippen LogP contribution is 2.40. The molecule has 11 nitrogen and oxygen atoms in total. The lowest BCUT2D eigenvalue weighted by atomic mass is 9.91. The summed E-state index contributed by atoms with van der Waals surface area (Å²) in [5.74, 6) is -0.559. The highest BCUT2D eigenvalue weighted by atomic mass is 19.3. The van der Waals surface area contributed by atoms with Crippen LogP contribution < -0.4 is 14.8 Å². The largest absolute Gasteiger partial charge is 0.480 e. The first-order valence-corrected chi connectivity index (χ1v) is 18.8. The van der Waals surface area contributed by atoms with Crippen molar-refractivity contribution < 1.29 is 50.9 Å². The van der Waals surface area contributed by atoms with Gasteiger partial charge in [0.2, 0.25) is 11.8 Å². The van der Waals surface area contributed by atoms with Gasteiger partial charge in [0.25, 0.3) is 0 Å². The number of aromatic nitrogens is 2. The summed E-state index contributed by atoms with van der Waals surface area (Å²) >= 11 is 0. The number of halogens is 4. The maximum atomic E-state index is 13.5. The number of rotatable bonds is 13. The molecule has 1 saturated carbocycles. The number of benzene rings is 4. The van der Waals surface area contributed by atoms with Gasteiger partial charge in [-0.1, -0.05) is 24.3 Å². The van der Waals surface area contributed by atoms with E-state index >= 15 is 0 Å². The fourth-order valence-electron chi connectivity index (χ4n) is 8.15. The molecule has 15 heteroatoms. The molecule has 2 aromatic heterocycles. The topological polar surface area (TPSA) is 143 Å². The number of oxazole rings is 2. The zero-order valence-corrected chi connectivity index (χ0v) is 31.1. The number of nitrogens with zero attached hydrogens (tertiary/aromatic N) is 3. The van der Waals surface area contributed by atoms with Crippen LogP contribution in [0.5, 0.6) is 11.5 Å². The molecule has 6 aromatic rings. The first-order chi connectivity index (χ1) is 27.4. The van der Waals surface area contributed by atoms with Gasteiger partial charge < -0.3 is 33.8 Å². The van der Waals surface area contributed by atoms with Crippen LogP contribution in [-0.4, -0.2) is 69.0 Å². The summed E-state index contributed by atoms with van der Waals surface area (Å²) in [7, 11) is 0. The molecule has 0 amide bonds. The summed E-state index contributed by atoms with van der Waals surface area (Å²) in [6, 6.07) is 16.5. The van der Waals surface area contributed by atoms with Gasteiger partial charge in [0.05, 0.1) is 6.10 Å². The van der Waals surface area contributed by atoms with E-state index in [1.807, 2.05) is 50.2 Å². The van der Waals surface area contributed by atoms with E-state index in [4.69, 9.17) is 28.3 Å². The summed E-state index contributed by atoms with van der Waals surface area (Å²) in [6.07, 6.45) is 2.99. The molecule has 3 N–H and O–H groups in total. The molecule has 8 rings (SSSR count). The van der Waals surface area contributed by atoms with E-state index in [0.717, 1.165) is 35.1 Å². The predicted molar refractivity (Wildman–Crippen MR) is 202 cm³/mol. The van der Waals surface area contributed by atoms with Crippen molar-refractivity contribution in [3.63, 3.8) is 0 Å². The molecule has 2 aliphatic rings. The van der Waals surface area contributed by atoms with Crippen molar-refractivity contribution in [1.82, 2.24) is 20.2 Å². The van der Waals surface area contributed by atoms with Crippen LogP contribution in [0.3, 0.4) is 0 Å². The molecule has 298 valence electrons. The van der Waals surface area contributed by atoms with E-state index in [0.29, 0.717) is 59.1 Å². The number of hydrogen-bond donors (Lipinski definition) is 3. The van der Waals surface area contributed by atoms with Crippen molar-refractivity contribution >= 4 is 28.2 Å². The van der Waals surface area contributed by atoms with Crippen LogP contribution in [0.1, 0.15) is 54.4 Å². The van der Waals surface area contributed by atoms with E-state index in [9.17, 15) is 32.6 Å². The molecule has 3 atom stereocenters. The zero-order valence-electron chi connectivity index (χ0n) is 31.1. The molecule has 0 radical (unpaired) electrons. The number of carboxylic acid groups (broad SMARTS) is 1. The van der Waals surface area contributed by atoms with E-state index in [2.05, 4.69) is 5.32 Å². The number of likely N-dealkylation sites (tertiary alicyclic amines) is 1. The summed E-state index contributed by atoms with van der Waals surface area (Å²) in [6.45, 7) is -1.49. The van der Waals surface area contributed by atoms with Crippen molar-refractivity contribution in [3.05, 3.63) is 82.9 Å². The number of hydrogen-bond acceptors (Lipinski definition) is 10. The van der Waals surface area contributed by atoms with Gasteiger partial charge in [0, 0.05) is 53.5 Å². The van der Waals surface area contributed by atoms with Crippen LogP contribution in [0.4, 0.5) is 17.6 Å². The van der Waals surface area contributed by atoms with Gasteiger partial charge in [-0.25, -0.2) is 9.97 Å². The van der Waals surface area contributed by atoms with Gasteiger partial charge in [0.1, 0.15) is 28.6 Å². The molecule has 0 bridgehead atoms. The minimum atomic E-state index is -3.10. The second-order valence-electron chi connectivity index (χ2n) is 14.6. The maximum Gasteiger partial charge on any atom is 0.387 e. The number of alkyl halides is 4. The third kappa shape index (κ3) is 7.78. The van der Waals surface area contributed by atoms with Crippen LogP contribution >= 0.6 is 0 Å². The lowest BCUT2D eigenvalue weighted by Crippen LogP contribution is -2.35. The molecule has 1 aliphatic carbocycles. The molecule has 2 fully saturated rings. The Bertz CT molecular complexity index is 2450. The third-order valence-corrected chi connectivity index (χ3v) is 11.0. The van der Waals surface area contributed by atoms with Crippen molar-refractivity contribution in [2.75, 3.05) is 6.54 Å². The smallest absolute Gasteiger partial charge is 0.387 e. The Morgan fingerprint density at radius 1 is 0.807 bits per heavy atom. The van der Waals surface area contributed by atoms with Crippen molar-refractivity contribution in [3.8, 4) is 45.5 Å². The Hall–Kier alpha value is -5.51. The van der Waals surface area contributed by atoms with Crippen LogP contribution in [0, 0.1) is 13.8 Å². The summed E-state index contributed by atoms with van der Waals surface area (Å²) < 4.78 is 75.9. The summed E-state index contributed by atoms with van der Waals surface area (Å²) in [5.41, 5.74) is 6.94. The zero-order chi connectivity index (χ0) is 40.0. The van der Waals surface area contributed by atoms with E-state index < -0.39 is 31.3 Å². The average Bonchev–Trinajstić information content (AvgIpc) is 3.98. The maximum absolute atomic E-state index is 13.5. The SMILES string of the molecule is Cc1c(-c2nc3cc(CN[C@@H]4CCC[C@@H]4O)c(OC(F)F)cc3o2)cccc1-c1cccc(-c2nc3cc(CN4CCC[C@H]4C(=O)O)c(OC(F)F)cc3o2)c1C. The Morgan fingerprint density at radius 3 is 1.88 bits per heavy atom. The normalized spacial score (nSPS) is 18.8. The molecule has 3 heterocycles. The second kappa shape index (κ2) is 15.8. The van der Waals surface area contributed by atoms with Gasteiger partial charge in [-0.05, 0) is 99.0 Å². The molecular weight excluding hydrogens is 748 g/mol. The molecule has 57 heavy (non-hydrogen) atoms. The average molecular weight is 789 g/mol. The van der Waals surface area contributed by atoms with Crippen LogP contribution in [0.15, 0.2) is 69.5 Å². The van der Waals surface area contributed by atoms with Gasteiger partial charge in [-0.15, -0.1) is 0 Å². The molecule has 1 saturated heterocycles. The highest BCUT2D eigenvalue weighted by Gasteiger charge is 2.32. The number of ether oxygens (including phenoxy) is 2. The van der Waals surface area contributed by atoms with Gasteiger partial charge in [-0.2, -0.15) is 17.6 Å². The van der Waals surface area contributed by atoms with E-state index in [-0.39, 0.29) is 53.6 Å². The lowest BCUT2D eigenvalue weighted by molar-refractivity contribution is -0.142. The van der Waals surface area contributed by atoms with Crippen LogP contribution in [0.2, 0.25) is 0 Å². The number of aliphatic carboxylic acids is 1. The third-order valence-electron chi connectivity index (χ3n) is 11.0. The van der Waals surface area contributed by atoms with E-state index in [1.54, 1.807) is 17.0 Å². The first-order valence-electron chi connectivity index (χ1n) is 18.8. The molecule has 0 unspecified atom stereocenters. The monoisotopic (exact) mass is 788 g/mol. The lowest BCUT2D eigenvalue weighted by Gasteiger charge is -2.22. The predicted octanol–water partition coefficient (Wildman–Crippen LogP) is 8.84. The van der Waals surface area contributed by atoms with Crippen LogP contribution in [0.25, 0.3) is 56.2 Å². The molecule has 1 aliphatic heterocycles. The number of carbonyl (C=O) groups is 1. The minimum Gasteiger partial charge on any atom is -0.480 e. The summed E-state index contributed by atoms with van der Waals surface area (Å²) in [4.78, 5) is 23.0.